The molecule has 1 aromatic carbocycles. The number of carbonyl (C=O) groups excluding carboxylic acids is 2. The molecule has 2 aliphatic rings. The van der Waals surface area contributed by atoms with Crippen LogP contribution in [-0.4, -0.2) is 68.0 Å². The Morgan fingerprint density at radius 1 is 1.17 bits per heavy atom. The van der Waals surface area contributed by atoms with E-state index < -0.39 is 12.0 Å². The van der Waals surface area contributed by atoms with Gasteiger partial charge in [-0.1, -0.05) is 0 Å². The highest BCUT2D eigenvalue weighted by molar-refractivity contribution is 6.18. The molecule has 1 unspecified atom stereocenters. The minimum absolute atomic E-state index is 0.371. The van der Waals surface area contributed by atoms with Gasteiger partial charge in [-0.25, -0.2) is 0 Å². The van der Waals surface area contributed by atoms with Crippen LogP contribution in [0.2, 0.25) is 0 Å². The minimum atomic E-state index is -1.21. The summed E-state index contributed by atoms with van der Waals surface area (Å²) in [7, 11) is 3.72. The van der Waals surface area contributed by atoms with Crippen molar-refractivity contribution in [3.63, 3.8) is 0 Å². The van der Waals surface area contributed by atoms with Crippen molar-refractivity contribution in [2.45, 2.75) is 6.10 Å². The third-order valence-electron chi connectivity index (χ3n) is 5.27. The minimum Gasteiger partial charge on any atom is -0.495 e. The zero-order valence-corrected chi connectivity index (χ0v) is 17.0. The summed E-state index contributed by atoms with van der Waals surface area (Å²) in [4.78, 5) is 33.5. The number of methoxy groups -OCH3 is 1. The van der Waals surface area contributed by atoms with E-state index in [1.54, 1.807) is 37.7 Å². The topological polar surface area (TPSA) is 84.0 Å². The van der Waals surface area contributed by atoms with Crippen molar-refractivity contribution in [1.29, 1.82) is 0 Å². The molecule has 3 heterocycles. The van der Waals surface area contributed by atoms with Crippen molar-refractivity contribution >= 4 is 28.8 Å². The van der Waals surface area contributed by atoms with Crippen LogP contribution in [0.1, 0.15) is 5.56 Å². The van der Waals surface area contributed by atoms with Crippen LogP contribution in [0.3, 0.4) is 0 Å². The Hall–Kier alpha value is -3.39. The van der Waals surface area contributed by atoms with E-state index in [1.807, 2.05) is 12.1 Å². The molecule has 1 saturated heterocycles. The highest BCUT2D eigenvalue weighted by Gasteiger charge is 2.34. The van der Waals surface area contributed by atoms with Crippen molar-refractivity contribution in [3.8, 4) is 5.75 Å². The van der Waals surface area contributed by atoms with Crippen LogP contribution in [-0.2, 0) is 14.3 Å². The van der Waals surface area contributed by atoms with Crippen molar-refractivity contribution in [1.82, 2.24) is 9.88 Å². The second-order valence-corrected chi connectivity index (χ2v) is 7.31. The van der Waals surface area contributed by atoms with Crippen molar-refractivity contribution in [3.05, 3.63) is 54.4 Å². The molecule has 0 bridgehead atoms. The lowest BCUT2D eigenvalue weighted by molar-refractivity contribution is -0.131. The standard InChI is InChI=1S/C22H24N4O4/c1-25-9-11-26(12-10-25)17-13-16(3-4-19(17)29-2)24-22(28)21-18(27)14-20(30-21)15-5-7-23-8-6-15/h3-8,13-14,21H,9-12H2,1-2H3,(H,24,28). The molecule has 1 amide bonds. The quantitative estimate of drug-likeness (QED) is 0.755. The number of amides is 1. The van der Waals surface area contributed by atoms with Gasteiger partial charge in [0.05, 0.1) is 12.8 Å². The Labute approximate surface area is 175 Å². The Morgan fingerprint density at radius 3 is 2.60 bits per heavy atom. The lowest BCUT2D eigenvalue weighted by Crippen LogP contribution is -2.44. The number of hydrogen-bond acceptors (Lipinski definition) is 7. The summed E-state index contributed by atoms with van der Waals surface area (Å²) < 4.78 is 11.1. The number of nitrogens with zero attached hydrogens (tertiary/aromatic N) is 3. The first kappa shape index (κ1) is 19.9. The highest BCUT2D eigenvalue weighted by atomic mass is 16.5. The second kappa shape index (κ2) is 8.54. The number of ether oxygens (including phenoxy) is 2. The van der Waals surface area contributed by atoms with Gasteiger partial charge in [-0.3, -0.25) is 14.6 Å². The summed E-state index contributed by atoms with van der Waals surface area (Å²) in [6, 6.07) is 8.91. The van der Waals surface area contributed by atoms with E-state index in [0.717, 1.165) is 37.6 Å². The van der Waals surface area contributed by atoms with Gasteiger partial charge in [0.2, 0.25) is 11.9 Å². The van der Waals surface area contributed by atoms with Crippen LogP contribution >= 0.6 is 0 Å². The largest absolute Gasteiger partial charge is 0.495 e. The number of carbonyl (C=O) groups is 2. The van der Waals surface area contributed by atoms with Gasteiger partial charge in [0.1, 0.15) is 11.5 Å². The molecule has 0 saturated carbocycles. The number of pyridine rings is 1. The van der Waals surface area contributed by atoms with E-state index in [9.17, 15) is 9.59 Å². The number of anilines is 2. The first-order valence-corrected chi connectivity index (χ1v) is 9.80. The predicted octanol–water partition coefficient (Wildman–Crippen LogP) is 1.79. The number of nitrogens with one attached hydrogen (secondary N) is 1. The molecular weight excluding hydrogens is 384 g/mol. The number of benzene rings is 1. The van der Waals surface area contributed by atoms with Crippen molar-refractivity contribution in [2.75, 3.05) is 50.6 Å². The van der Waals surface area contributed by atoms with E-state index >= 15 is 0 Å². The molecule has 2 aromatic rings. The molecule has 2 aliphatic heterocycles. The number of hydrogen-bond donors (Lipinski definition) is 1. The van der Waals surface area contributed by atoms with Crippen LogP contribution in [0, 0.1) is 0 Å². The van der Waals surface area contributed by atoms with E-state index in [1.165, 1.54) is 6.08 Å². The molecule has 30 heavy (non-hydrogen) atoms. The van der Waals surface area contributed by atoms with Crippen LogP contribution in [0.15, 0.2) is 48.8 Å². The third-order valence-corrected chi connectivity index (χ3v) is 5.27. The maximum atomic E-state index is 12.7. The molecule has 1 N–H and O–H groups in total. The summed E-state index contributed by atoms with van der Waals surface area (Å²) in [5.74, 6) is 0.227. The van der Waals surface area contributed by atoms with Gasteiger partial charge in [0.15, 0.2) is 0 Å². The molecular formula is C22H24N4O4. The fourth-order valence-electron chi connectivity index (χ4n) is 3.54. The molecule has 0 spiro atoms. The Morgan fingerprint density at radius 2 is 1.90 bits per heavy atom. The fourth-order valence-corrected chi connectivity index (χ4v) is 3.54. The predicted molar refractivity (Wildman–Crippen MR) is 113 cm³/mol. The zero-order valence-electron chi connectivity index (χ0n) is 17.0. The van der Waals surface area contributed by atoms with E-state index in [0.29, 0.717) is 17.0 Å². The third kappa shape index (κ3) is 4.13. The Balaban J connectivity index is 1.47. The van der Waals surface area contributed by atoms with E-state index in [2.05, 4.69) is 27.1 Å². The lowest BCUT2D eigenvalue weighted by atomic mass is 10.2. The molecule has 1 fully saturated rings. The van der Waals surface area contributed by atoms with Gasteiger partial charge in [-0.15, -0.1) is 0 Å². The summed E-state index contributed by atoms with van der Waals surface area (Å²) in [6.07, 6.45) is 3.36. The Kier molecular flexibility index (Phi) is 5.67. The molecule has 8 heteroatoms. The number of piperazine rings is 1. The molecule has 0 aliphatic carbocycles. The molecule has 1 atom stereocenters. The van der Waals surface area contributed by atoms with E-state index in [-0.39, 0.29) is 5.78 Å². The smallest absolute Gasteiger partial charge is 0.273 e. The van der Waals surface area contributed by atoms with Gasteiger partial charge >= 0.3 is 0 Å². The maximum absolute atomic E-state index is 12.7. The van der Waals surface area contributed by atoms with Gasteiger partial charge in [-0.05, 0) is 37.4 Å². The highest BCUT2D eigenvalue weighted by Crippen LogP contribution is 2.32. The number of rotatable bonds is 5. The summed E-state index contributed by atoms with van der Waals surface area (Å²) in [6.45, 7) is 3.64. The van der Waals surface area contributed by atoms with Crippen molar-refractivity contribution < 1.29 is 19.1 Å². The van der Waals surface area contributed by atoms with Crippen LogP contribution in [0.25, 0.3) is 5.76 Å². The van der Waals surface area contributed by atoms with Crippen LogP contribution in [0.5, 0.6) is 5.75 Å². The normalized spacial score (nSPS) is 19.3. The van der Waals surface area contributed by atoms with Crippen molar-refractivity contribution in [2.24, 2.45) is 0 Å². The summed E-state index contributed by atoms with van der Waals surface area (Å²) >= 11 is 0. The first-order chi connectivity index (χ1) is 14.5. The summed E-state index contributed by atoms with van der Waals surface area (Å²) in [5.41, 5.74) is 2.21. The zero-order chi connectivity index (χ0) is 21.1. The van der Waals surface area contributed by atoms with Crippen LogP contribution in [0.4, 0.5) is 11.4 Å². The van der Waals surface area contributed by atoms with Gasteiger partial charge in [-0.2, -0.15) is 0 Å². The molecule has 4 rings (SSSR count). The average Bonchev–Trinajstić information content (AvgIpc) is 3.17. The Bertz CT molecular complexity index is 968. The van der Waals surface area contributed by atoms with Gasteiger partial charge in [0, 0.05) is 55.9 Å². The molecule has 0 radical (unpaired) electrons. The number of aromatic nitrogens is 1. The fraction of sp³-hybridized carbons (Fsp3) is 0.318. The molecule has 1 aromatic heterocycles. The molecule has 156 valence electrons. The molecule has 8 nitrogen and oxygen atoms in total. The average molecular weight is 408 g/mol. The monoisotopic (exact) mass is 408 g/mol. The number of ketones is 1. The SMILES string of the molecule is COc1ccc(NC(=O)C2OC(c3ccncc3)=CC2=O)cc1N1CCN(C)CC1. The second-order valence-electron chi connectivity index (χ2n) is 7.31. The lowest BCUT2D eigenvalue weighted by Gasteiger charge is -2.35. The first-order valence-electron chi connectivity index (χ1n) is 9.80. The van der Waals surface area contributed by atoms with Gasteiger partial charge in [0.25, 0.3) is 5.91 Å². The van der Waals surface area contributed by atoms with E-state index in [4.69, 9.17) is 9.47 Å². The summed E-state index contributed by atoms with van der Waals surface area (Å²) in [5, 5.41) is 2.80. The number of likely N-dealkylation sites (N-methyl/N-ethyl adjacent to an activating group) is 1. The van der Waals surface area contributed by atoms with Gasteiger partial charge < -0.3 is 24.6 Å². The maximum Gasteiger partial charge on any atom is 0.273 e. The van der Waals surface area contributed by atoms with Crippen LogP contribution < -0.4 is 15.0 Å².